The lowest BCUT2D eigenvalue weighted by Gasteiger charge is -2.30. The first kappa shape index (κ1) is 14.7. The number of fused-ring (bicyclic) bond motifs is 1. The van der Waals surface area contributed by atoms with Gasteiger partial charge >= 0.3 is 0 Å². The second-order valence-electron chi connectivity index (χ2n) is 5.67. The van der Waals surface area contributed by atoms with Crippen LogP contribution >= 0.6 is 0 Å². The molecule has 2 heterocycles. The summed E-state index contributed by atoms with van der Waals surface area (Å²) in [6, 6.07) is 15.3. The molecular formula is C18H18N4O2. The van der Waals surface area contributed by atoms with Crippen molar-refractivity contribution < 1.29 is 4.74 Å². The molecule has 0 spiro atoms. The van der Waals surface area contributed by atoms with E-state index in [0.717, 1.165) is 37.7 Å². The molecule has 0 aliphatic carbocycles. The fourth-order valence-electron chi connectivity index (χ4n) is 2.93. The fourth-order valence-corrected chi connectivity index (χ4v) is 2.93. The highest BCUT2D eigenvalue weighted by Gasteiger charge is 2.15. The van der Waals surface area contributed by atoms with E-state index in [2.05, 4.69) is 26.3 Å². The van der Waals surface area contributed by atoms with Crippen molar-refractivity contribution in [3.05, 3.63) is 58.9 Å². The van der Waals surface area contributed by atoms with Crippen LogP contribution in [0.25, 0.3) is 10.9 Å². The highest BCUT2D eigenvalue weighted by Crippen LogP contribution is 2.28. The molecule has 1 aliphatic rings. The number of hydrogen-bond acceptors (Lipinski definition) is 5. The fraction of sp³-hybridized carbons (Fsp3) is 0.222. The summed E-state index contributed by atoms with van der Waals surface area (Å²) in [6.45, 7) is 3.14. The van der Waals surface area contributed by atoms with Crippen LogP contribution in [-0.2, 0) is 4.74 Å². The van der Waals surface area contributed by atoms with E-state index in [4.69, 9.17) is 4.74 Å². The number of aromatic amines is 1. The average Bonchev–Trinajstić information content (AvgIpc) is 2.63. The third-order valence-corrected chi connectivity index (χ3v) is 4.12. The molecule has 3 aromatic rings. The molecule has 0 atom stereocenters. The molecule has 4 rings (SSSR count). The number of H-pyrrole nitrogens is 1. The minimum absolute atomic E-state index is 0.146. The highest BCUT2D eigenvalue weighted by atomic mass is 16.5. The van der Waals surface area contributed by atoms with Gasteiger partial charge in [-0.1, -0.05) is 24.3 Å². The SMILES string of the molecule is O=c1[nH]c(Nc2ccccc2N2CCOCC2)nc2ccccc12. The summed E-state index contributed by atoms with van der Waals surface area (Å²) in [5.74, 6) is 0.444. The van der Waals surface area contributed by atoms with Crippen molar-refractivity contribution in [1.82, 2.24) is 9.97 Å². The van der Waals surface area contributed by atoms with Crippen molar-refractivity contribution in [3.8, 4) is 0 Å². The second kappa shape index (κ2) is 6.33. The maximum Gasteiger partial charge on any atom is 0.260 e. The first-order valence-corrected chi connectivity index (χ1v) is 7.99. The zero-order valence-electron chi connectivity index (χ0n) is 13.2. The van der Waals surface area contributed by atoms with Crippen LogP contribution in [0.3, 0.4) is 0 Å². The van der Waals surface area contributed by atoms with E-state index in [1.54, 1.807) is 6.07 Å². The van der Waals surface area contributed by atoms with E-state index in [-0.39, 0.29) is 5.56 Å². The predicted octanol–water partition coefficient (Wildman–Crippen LogP) is 2.50. The Morgan fingerprint density at radius 3 is 2.67 bits per heavy atom. The Labute approximate surface area is 139 Å². The number of ether oxygens (including phenoxy) is 1. The Bertz CT molecular complexity index is 916. The molecule has 6 heteroatoms. The lowest BCUT2D eigenvalue weighted by molar-refractivity contribution is 0.123. The van der Waals surface area contributed by atoms with E-state index >= 15 is 0 Å². The van der Waals surface area contributed by atoms with Crippen molar-refractivity contribution >= 4 is 28.2 Å². The summed E-state index contributed by atoms with van der Waals surface area (Å²) in [6.07, 6.45) is 0. The summed E-state index contributed by atoms with van der Waals surface area (Å²) in [5.41, 5.74) is 2.52. The van der Waals surface area contributed by atoms with Crippen LogP contribution in [-0.4, -0.2) is 36.3 Å². The number of para-hydroxylation sites is 3. The zero-order valence-corrected chi connectivity index (χ0v) is 13.2. The summed E-state index contributed by atoms with van der Waals surface area (Å²) in [4.78, 5) is 21.8. The van der Waals surface area contributed by atoms with Crippen LogP contribution in [0, 0.1) is 0 Å². The van der Waals surface area contributed by atoms with Gasteiger partial charge in [0.25, 0.3) is 5.56 Å². The van der Waals surface area contributed by atoms with Gasteiger partial charge in [0.15, 0.2) is 0 Å². The number of anilines is 3. The van der Waals surface area contributed by atoms with Crippen LogP contribution in [0.1, 0.15) is 0 Å². The van der Waals surface area contributed by atoms with Crippen LogP contribution in [0.15, 0.2) is 53.3 Å². The topological polar surface area (TPSA) is 70.2 Å². The average molecular weight is 322 g/mol. The first-order valence-electron chi connectivity index (χ1n) is 7.99. The van der Waals surface area contributed by atoms with Crippen molar-refractivity contribution in [1.29, 1.82) is 0 Å². The Kier molecular flexibility index (Phi) is 3.88. The minimum Gasteiger partial charge on any atom is -0.378 e. The van der Waals surface area contributed by atoms with Gasteiger partial charge in [-0.05, 0) is 24.3 Å². The third-order valence-electron chi connectivity index (χ3n) is 4.12. The molecular weight excluding hydrogens is 304 g/mol. The van der Waals surface area contributed by atoms with Gasteiger partial charge in [0.1, 0.15) is 0 Å². The van der Waals surface area contributed by atoms with Gasteiger partial charge in [-0.25, -0.2) is 4.98 Å². The molecule has 2 N–H and O–H groups in total. The molecule has 0 unspecified atom stereocenters. The van der Waals surface area contributed by atoms with Crippen LogP contribution in [0.2, 0.25) is 0 Å². The monoisotopic (exact) mass is 322 g/mol. The molecule has 1 saturated heterocycles. The van der Waals surface area contributed by atoms with E-state index < -0.39 is 0 Å². The smallest absolute Gasteiger partial charge is 0.260 e. The van der Waals surface area contributed by atoms with Crippen molar-refractivity contribution in [2.45, 2.75) is 0 Å². The molecule has 6 nitrogen and oxygen atoms in total. The summed E-state index contributed by atoms with van der Waals surface area (Å²) in [5, 5.41) is 3.84. The van der Waals surface area contributed by atoms with Gasteiger partial charge in [0.05, 0.1) is 35.5 Å². The summed E-state index contributed by atoms with van der Waals surface area (Å²) >= 11 is 0. The van der Waals surface area contributed by atoms with Crippen LogP contribution in [0.5, 0.6) is 0 Å². The molecule has 0 saturated carbocycles. The number of benzene rings is 2. The molecule has 1 aromatic heterocycles. The van der Waals surface area contributed by atoms with E-state index in [0.29, 0.717) is 16.9 Å². The van der Waals surface area contributed by atoms with Crippen LogP contribution in [0.4, 0.5) is 17.3 Å². The Morgan fingerprint density at radius 2 is 1.79 bits per heavy atom. The molecule has 0 amide bonds. The third kappa shape index (κ3) is 2.83. The maximum atomic E-state index is 12.2. The summed E-state index contributed by atoms with van der Waals surface area (Å²) in [7, 11) is 0. The molecule has 0 bridgehead atoms. The number of hydrogen-bond donors (Lipinski definition) is 2. The molecule has 1 aliphatic heterocycles. The number of nitrogens with zero attached hydrogens (tertiary/aromatic N) is 2. The zero-order chi connectivity index (χ0) is 16.4. The van der Waals surface area contributed by atoms with Gasteiger partial charge in [0, 0.05) is 13.1 Å². The van der Waals surface area contributed by atoms with Crippen LogP contribution < -0.4 is 15.8 Å². The standard InChI is InChI=1S/C18H18N4O2/c23-17-13-5-1-2-6-14(13)19-18(21-17)20-15-7-3-4-8-16(15)22-9-11-24-12-10-22/h1-8H,9-12H2,(H2,19,20,21,23). The number of rotatable bonds is 3. The lowest BCUT2D eigenvalue weighted by atomic mass is 10.2. The lowest BCUT2D eigenvalue weighted by Crippen LogP contribution is -2.36. The molecule has 122 valence electrons. The second-order valence-corrected chi connectivity index (χ2v) is 5.67. The van der Waals surface area contributed by atoms with Gasteiger partial charge in [-0.15, -0.1) is 0 Å². The van der Waals surface area contributed by atoms with Crippen molar-refractivity contribution in [2.75, 3.05) is 36.5 Å². The van der Waals surface area contributed by atoms with Gasteiger partial charge in [0.2, 0.25) is 5.95 Å². The Morgan fingerprint density at radius 1 is 1.04 bits per heavy atom. The van der Waals surface area contributed by atoms with E-state index in [1.165, 1.54) is 0 Å². The number of aromatic nitrogens is 2. The largest absolute Gasteiger partial charge is 0.378 e. The van der Waals surface area contributed by atoms with Crippen molar-refractivity contribution in [2.24, 2.45) is 0 Å². The first-order chi connectivity index (χ1) is 11.8. The minimum atomic E-state index is -0.146. The Hall–Kier alpha value is -2.86. The highest BCUT2D eigenvalue weighted by molar-refractivity contribution is 5.80. The molecule has 24 heavy (non-hydrogen) atoms. The predicted molar refractivity (Wildman–Crippen MR) is 95.1 cm³/mol. The molecule has 0 radical (unpaired) electrons. The number of nitrogens with one attached hydrogen (secondary N) is 2. The van der Waals surface area contributed by atoms with E-state index in [9.17, 15) is 4.79 Å². The van der Waals surface area contributed by atoms with Gasteiger partial charge in [-0.3, -0.25) is 9.78 Å². The molecule has 1 fully saturated rings. The molecule has 2 aromatic carbocycles. The Balaban J connectivity index is 1.69. The quantitative estimate of drug-likeness (QED) is 0.775. The van der Waals surface area contributed by atoms with Crippen molar-refractivity contribution in [3.63, 3.8) is 0 Å². The maximum absolute atomic E-state index is 12.2. The van der Waals surface area contributed by atoms with E-state index in [1.807, 2.05) is 36.4 Å². The normalized spacial score (nSPS) is 14.8. The summed E-state index contributed by atoms with van der Waals surface area (Å²) < 4.78 is 5.42. The number of morpholine rings is 1. The van der Waals surface area contributed by atoms with Gasteiger partial charge in [-0.2, -0.15) is 0 Å². The van der Waals surface area contributed by atoms with Gasteiger partial charge < -0.3 is 15.0 Å².